The minimum Gasteiger partial charge on any atom is -0.388 e. The zero-order valence-corrected chi connectivity index (χ0v) is 13.0. The van der Waals surface area contributed by atoms with E-state index in [1.54, 1.807) is 0 Å². The van der Waals surface area contributed by atoms with Gasteiger partial charge in [-0.25, -0.2) is 0 Å². The van der Waals surface area contributed by atoms with Gasteiger partial charge in [0.2, 0.25) is 0 Å². The summed E-state index contributed by atoms with van der Waals surface area (Å²) in [4.78, 5) is 0. The molecule has 12 heteroatoms. The minimum atomic E-state index is -2.59. The number of hydrogen-bond donors (Lipinski definition) is 3. The van der Waals surface area contributed by atoms with Gasteiger partial charge in [0.05, 0.1) is 6.61 Å². The zero-order chi connectivity index (χ0) is 16.6. The molecule has 3 aliphatic heterocycles. The summed E-state index contributed by atoms with van der Waals surface area (Å²) in [7, 11) is 3.02. The average Bonchev–Trinajstić information content (AvgIpc) is 2.93. The summed E-state index contributed by atoms with van der Waals surface area (Å²) < 4.78 is 43.3. The summed E-state index contributed by atoms with van der Waals surface area (Å²) in [5.41, 5.74) is 5.69. The molecular formula is C11H18BNO9P+. The van der Waals surface area contributed by atoms with Gasteiger partial charge in [0.1, 0.15) is 58.0 Å². The van der Waals surface area contributed by atoms with Crippen LogP contribution < -0.4 is 5.73 Å². The van der Waals surface area contributed by atoms with Gasteiger partial charge < -0.3 is 34.9 Å². The lowest BCUT2D eigenvalue weighted by Gasteiger charge is -2.20. The van der Waals surface area contributed by atoms with Crippen LogP contribution in [-0.2, 0) is 32.6 Å². The van der Waals surface area contributed by atoms with Crippen LogP contribution in [0.1, 0.15) is 0 Å². The summed E-state index contributed by atoms with van der Waals surface area (Å²) >= 11 is 0. The summed E-state index contributed by atoms with van der Waals surface area (Å²) in [6, 6.07) is -0.949. The van der Waals surface area contributed by atoms with Crippen molar-refractivity contribution >= 4 is 16.1 Å². The molecule has 1 unspecified atom stereocenters. The van der Waals surface area contributed by atoms with Gasteiger partial charge in [-0.2, -0.15) is 0 Å². The Bertz CT molecular complexity index is 446. The maximum Gasteiger partial charge on any atom is 0.698 e. The van der Waals surface area contributed by atoms with Crippen molar-refractivity contribution in [3.63, 3.8) is 0 Å². The first-order valence-electron chi connectivity index (χ1n) is 7.12. The number of nitrogens with two attached hydrogens (primary N) is 1. The number of hydrogen-bond acceptors (Lipinski definition) is 10. The Kier molecular flexibility index (Phi) is 5.64. The maximum atomic E-state index is 11.9. The van der Waals surface area contributed by atoms with Crippen LogP contribution in [-0.4, -0.2) is 86.9 Å². The average molecular weight is 350 g/mol. The molecule has 0 aromatic carbocycles. The van der Waals surface area contributed by atoms with Crippen LogP contribution in [0.25, 0.3) is 0 Å². The molecule has 128 valence electrons. The lowest BCUT2D eigenvalue weighted by molar-refractivity contribution is -0.148. The van der Waals surface area contributed by atoms with Gasteiger partial charge in [0, 0.05) is 10.6 Å². The Hall–Kier alpha value is -0.195. The Morgan fingerprint density at radius 2 is 1.87 bits per heavy atom. The molecule has 3 saturated heterocycles. The molecule has 0 saturated carbocycles. The lowest BCUT2D eigenvalue weighted by Crippen LogP contribution is -2.38. The fourth-order valence-corrected chi connectivity index (χ4v) is 3.46. The number of rotatable bonds is 0. The number of fused-ring (bicyclic) bond motifs is 3. The molecule has 0 spiro atoms. The molecule has 4 N–H and O–H groups in total. The normalized spacial score (nSPS) is 50.7. The predicted molar refractivity (Wildman–Crippen MR) is 73.4 cm³/mol. The van der Waals surface area contributed by atoms with Gasteiger partial charge in [-0.1, -0.05) is 0 Å². The molecule has 2 radical (unpaired) electrons. The van der Waals surface area contributed by atoms with E-state index in [4.69, 9.17) is 41.6 Å². The first-order chi connectivity index (χ1) is 11.0. The van der Waals surface area contributed by atoms with Crippen molar-refractivity contribution < 1.29 is 42.8 Å². The van der Waals surface area contributed by atoms with Crippen molar-refractivity contribution in [2.75, 3.05) is 20.0 Å². The molecule has 0 aromatic rings. The van der Waals surface area contributed by atoms with Gasteiger partial charge in [-0.05, 0) is 0 Å². The van der Waals surface area contributed by atoms with E-state index in [1.807, 2.05) is 0 Å². The molecule has 3 rings (SSSR count). The van der Waals surface area contributed by atoms with E-state index in [2.05, 4.69) is 0 Å². The molecule has 0 aliphatic carbocycles. The minimum absolute atomic E-state index is 0.0211. The van der Waals surface area contributed by atoms with E-state index in [0.717, 1.165) is 0 Å². The molecule has 3 heterocycles. The van der Waals surface area contributed by atoms with Crippen molar-refractivity contribution in [2.24, 2.45) is 5.73 Å². The maximum absolute atomic E-state index is 11.9. The third kappa shape index (κ3) is 3.74. The Morgan fingerprint density at radius 1 is 1.09 bits per heavy atom. The fraction of sp³-hybridized carbons (Fsp3) is 1.00. The Balaban J connectivity index is 1.69. The van der Waals surface area contributed by atoms with Gasteiger partial charge >= 0.3 is 8.25 Å². The van der Waals surface area contributed by atoms with Gasteiger partial charge in [0.25, 0.3) is 0 Å². The molecule has 2 bridgehead atoms. The van der Waals surface area contributed by atoms with E-state index in [9.17, 15) is 14.8 Å². The largest absolute Gasteiger partial charge is 0.698 e. The summed E-state index contributed by atoms with van der Waals surface area (Å²) in [5.74, 6) is 0. The summed E-state index contributed by atoms with van der Waals surface area (Å²) in [6.07, 6.45) is -6.48. The first-order valence-corrected chi connectivity index (χ1v) is 8.21. The van der Waals surface area contributed by atoms with E-state index in [-0.39, 0.29) is 20.0 Å². The molecule has 9 atom stereocenters. The van der Waals surface area contributed by atoms with Crippen LogP contribution in [0.2, 0.25) is 0 Å². The van der Waals surface area contributed by atoms with Crippen LogP contribution in [0, 0.1) is 0 Å². The summed E-state index contributed by atoms with van der Waals surface area (Å²) in [6.45, 7) is -0.395. The fourth-order valence-electron chi connectivity index (χ4n) is 2.69. The summed E-state index contributed by atoms with van der Waals surface area (Å²) in [5, 5.41) is 20.0. The van der Waals surface area contributed by atoms with Gasteiger partial charge in [-0.15, -0.1) is 9.05 Å². The quantitative estimate of drug-likeness (QED) is 0.323. The van der Waals surface area contributed by atoms with Crippen LogP contribution in [0.15, 0.2) is 0 Å². The van der Waals surface area contributed by atoms with Crippen molar-refractivity contribution in [3.8, 4) is 0 Å². The zero-order valence-electron chi connectivity index (χ0n) is 12.1. The van der Waals surface area contributed by atoms with Crippen LogP contribution >= 0.6 is 8.25 Å². The molecule has 10 nitrogen and oxygen atoms in total. The molecule has 3 aliphatic rings. The van der Waals surface area contributed by atoms with E-state index in [0.29, 0.717) is 0 Å². The second kappa shape index (κ2) is 7.36. The van der Waals surface area contributed by atoms with Crippen molar-refractivity contribution in [2.45, 2.75) is 48.9 Å². The standard InChI is InChI=1S/C11H18BNO9P/c12-10-7(15)8-5(20-10)2-19-23(16)22-9-6(14)4(21-11(9)13)1-17-3-18-8/h4-11,14-15H,1-3,13H2/q+1/t4-,5-,6-,7-,8-,9-,10-,11-/m1/s1. The van der Waals surface area contributed by atoms with E-state index >= 15 is 0 Å². The number of aliphatic hydroxyl groups is 2. The number of ether oxygens (including phenoxy) is 4. The highest BCUT2D eigenvalue weighted by Gasteiger charge is 2.50. The second-order valence-electron chi connectivity index (χ2n) is 5.47. The highest BCUT2D eigenvalue weighted by molar-refractivity contribution is 7.33. The lowest BCUT2D eigenvalue weighted by atomic mass is 9.93. The molecule has 3 fully saturated rings. The molecule has 0 amide bonds. The highest BCUT2D eigenvalue weighted by atomic mass is 31.1. The van der Waals surface area contributed by atoms with Crippen LogP contribution in [0.5, 0.6) is 0 Å². The van der Waals surface area contributed by atoms with Crippen LogP contribution in [0.4, 0.5) is 0 Å². The van der Waals surface area contributed by atoms with E-state index in [1.165, 1.54) is 0 Å². The van der Waals surface area contributed by atoms with Crippen molar-refractivity contribution in [1.82, 2.24) is 0 Å². The third-order valence-corrected chi connectivity index (χ3v) is 4.70. The van der Waals surface area contributed by atoms with Crippen LogP contribution in [0.3, 0.4) is 0 Å². The topological polar surface area (TPSA) is 139 Å². The second-order valence-corrected chi connectivity index (χ2v) is 6.39. The molecular weight excluding hydrogens is 332 g/mol. The van der Waals surface area contributed by atoms with E-state index < -0.39 is 57.1 Å². The molecule has 0 aromatic heterocycles. The van der Waals surface area contributed by atoms with Gasteiger partial charge in [0.15, 0.2) is 6.10 Å². The Morgan fingerprint density at radius 3 is 2.65 bits per heavy atom. The van der Waals surface area contributed by atoms with Crippen molar-refractivity contribution in [3.05, 3.63) is 0 Å². The first kappa shape index (κ1) is 17.6. The SMILES string of the molecule is [B][C@@H]1O[C@@H]2CO[P+](=O)O[C@@H]3[C@H](O)[C@@H](COCO[C@H]2[C@H]1O)O[C@H]3N. The third-order valence-electron chi connectivity index (χ3n) is 3.92. The Labute approximate surface area is 134 Å². The van der Waals surface area contributed by atoms with Crippen molar-refractivity contribution in [1.29, 1.82) is 0 Å². The predicted octanol–water partition coefficient (Wildman–Crippen LogP) is -2.28. The van der Waals surface area contributed by atoms with Gasteiger partial charge in [-0.3, -0.25) is 0 Å². The monoisotopic (exact) mass is 350 g/mol. The highest BCUT2D eigenvalue weighted by Crippen LogP contribution is 2.34. The molecule has 23 heavy (non-hydrogen) atoms. The smallest absolute Gasteiger partial charge is 0.388 e. The number of aliphatic hydroxyl groups excluding tert-OH is 2.